The van der Waals surface area contributed by atoms with Crippen molar-refractivity contribution < 1.29 is 17.6 Å². The number of anilines is 2. The van der Waals surface area contributed by atoms with Crippen molar-refractivity contribution in [3.8, 4) is 0 Å². The van der Waals surface area contributed by atoms with Crippen molar-refractivity contribution >= 4 is 27.4 Å². The van der Waals surface area contributed by atoms with Crippen LogP contribution in [0, 0.1) is 0 Å². The molecule has 0 fully saturated rings. The Morgan fingerprint density at radius 2 is 1.68 bits per heavy atom. The Bertz CT molecular complexity index is 1070. The minimum absolute atomic E-state index is 0.00411. The van der Waals surface area contributed by atoms with Crippen LogP contribution >= 0.6 is 0 Å². The molecule has 0 aliphatic heterocycles. The van der Waals surface area contributed by atoms with Crippen molar-refractivity contribution in [3.63, 3.8) is 0 Å². The van der Waals surface area contributed by atoms with Gasteiger partial charge in [0.25, 0.3) is 5.91 Å². The van der Waals surface area contributed by atoms with Gasteiger partial charge in [0.2, 0.25) is 5.89 Å². The van der Waals surface area contributed by atoms with Crippen LogP contribution in [-0.4, -0.2) is 44.9 Å². The fraction of sp³-hybridized carbons (Fsp3) is 0.211. The molecular formula is C19H20N4O4S. The molecule has 0 aliphatic rings. The number of carbonyl (C=O) groups excluding carboxylic acids is 1. The van der Waals surface area contributed by atoms with Gasteiger partial charge in [0.15, 0.2) is 9.84 Å². The zero-order valence-electron chi connectivity index (χ0n) is 15.7. The number of sulfone groups is 1. The average Bonchev–Trinajstić information content (AvgIpc) is 3.08. The molecule has 0 bridgehead atoms. The van der Waals surface area contributed by atoms with E-state index in [9.17, 15) is 13.2 Å². The number of hydrogen-bond acceptors (Lipinski definition) is 7. The lowest BCUT2D eigenvalue weighted by Gasteiger charge is -2.12. The molecule has 0 atom stereocenters. The Morgan fingerprint density at radius 1 is 1.04 bits per heavy atom. The summed E-state index contributed by atoms with van der Waals surface area (Å²) in [5.74, 6) is -0.0385. The normalized spacial score (nSPS) is 11.2. The zero-order valence-corrected chi connectivity index (χ0v) is 16.5. The molecule has 1 amide bonds. The van der Waals surface area contributed by atoms with Crippen LogP contribution in [-0.2, 0) is 16.3 Å². The number of benzene rings is 2. The second-order valence-electron chi connectivity index (χ2n) is 6.49. The average molecular weight is 400 g/mol. The smallest absolute Gasteiger partial charge is 0.322 e. The molecule has 9 heteroatoms. The van der Waals surface area contributed by atoms with Gasteiger partial charge in [-0.1, -0.05) is 17.2 Å². The number of nitrogens with zero attached hydrogens (tertiary/aromatic N) is 3. The third-order valence-corrected chi connectivity index (χ3v) is 5.17. The van der Waals surface area contributed by atoms with Gasteiger partial charge in [-0.05, 0) is 42.0 Å². The Balaban J connectivity index is 1.64. The van der Waals surface area contributed by atoms with Crippen LogP contribution < -0.4 is 10.2 Å². The maximum absolute atomic E-state index is 12.3. The lowest BCUT2D eigenvalue weighted by molar-refractivity contribution is 0.102. The van der Waals surface area contributed by atoms with E-state index in [0.717, 1.165) is 17.5 Å². The van der Waals surface area contributed by atoms with Crippen molar-refractivity contribution in [1.82, 2.24) is 10.2 Å². The molecule has 8 nitrogen and oxygen atoms in total. The van der Waals surface area contributed by atoms with Crippen LogP contribution in [0.5, 0.6) is 0 Å². The summed E-state index contributed by atoms with van der Waals surface area (Å²) in [6.45, 7) is 0. The van der Waals surface area contributed by atoms with Crippen molar-refractivity contribution in [3.05, 3.63) is 65.5 Å². The van der Waals surface area contributed by atoms with Crippen molar-refractivity contribution in [2.75, 3.05) is 30.6 Å². The van der Waals surface area contributed by atoms with Crippen molar-refractivity contribution in [2.24, 2.45) is 0 Å². The molecule has 0 aliphatic carbocycles. The van der Waals surface area contributed by atoms with Crippen molar-refractivity contribution in [2.45, 2.75) is 11.3 Å². The van der Waals surface area contributed by atoms with E-state index in [2.05, 4.69) is 15.5 Å². The van der Waals surface area contributed by atoms with Gasteiger partial charge in [-0.25, -0.2) is 8.42 Å². The Kier molecular flexibility index (Phi) is 5.46. The number of carbonyl (C=O) groups is 1. The molecule has 0 saturated carbocycles. The van der Waals surface area contributed by atoms with Crippen LogP contribution in [0.25, 0.3) is 0 Å². The van der Waals surface area contributed by atoms with Gasteiger partial charge in [-0.15, -0.1) is 5.10 Å². The number of hydrogen-bond donors (Lipinski definition) is 1. The fourth-order valence-corrected chi connectivity index (χ4v) is 3.12. The highest BCUT2D eigenvalue weighted by Gasteiger charge is 2.13. The Labute approximate surface area is 163 Å². The van der Waals surface area contributed by atoms with Gasteiger partial charge in [0.1, 0.15) is 0 Å². The molecule has 1 aromatic heterocycles. The summed E-state index contributed by atoms with van der Waals surface area (Å²) in [5.41, 5.74) is 2.27. The first kappa shape index (κ1) is 19.6. The summed E-state index contributed by atoms with van der Waals surface area (Å²) in [6.07, 6.45) is 1.48. The first-order chi connectivity index (χ1) is 13.2. The van der Waals surface area contributed by atoms with E-state index in [1.807, 2.05) is 31.1 Å². The first-order valence-electron chi connectivity index (χ1n) is 8.42. The van der Waals surface area contributed by atoms with Crippen LogP contribution in [0.3, 0.4) is 0 Å². The van der Waals surface area contributed by atoms with Gasteiger partial charge in [0.05, 0.1) is 11.3 Å². The number of amides is 1. The van der Waals surface area contributed by atoms with Crippen LogP contribution in [0.2, 0.25) is 0 Å². The van der Waals surface area contributed by atoms with E-state index in [4.69, 9.17) is 4.42 Å². The zero-order chi connectivity index (χ0) is 20.3. The predicted octanol–water partition coefficient (Wildman–Crippen LogP) is 2.38. The lowest BCUT2D eigenvalue weighted by Crippen LogP contribution is -2.13. The molecule has 3 aromatic rings. The molecule has 146 valence electrons. The van der Waals surface area contributed by atoms with Crippen molar-refractivity contribution in [1.29, 1.82) is 0 Å². The fourth-order valence-electron chi connectivity index (χ4n) is 2.48. The highest BCUT2D eigenvalue weighted by molar-refractivity contribution is 7.90. The number of aromatic nitrogens is 2. The Morgan fingerprint density at radius 3 is 2.25 bits per heavy atom. The quantitative estimate of drug-likeness (QED) is 0.677. The minimum atomic E-state index is -3.24. The van der Waals surface area contributed by atoms with Crippen LogP contribution in [0.4, 0.5) is 11.7 Å². The molecule has 2 aromatic carbocycles. The molecule has 3 rings (SSSR count). The summed E-state index contributed by atoms with van der Waals surface area (Å²) >= 11 is 0. The monoisotopic (exact) mass is 400 g/mol. The predicted molar refractivity (Wildman–Crippen MR) is 105 cm³/mol. The van der Waals surface area contributed by atoms with E-state index in [1.54, 1.807) is 24.3 Å². The maximum atomic E-state index is 12.3. The van der Waals surface area contributed by atoms with Gasteiger partial charge in [-0.3, -0.25) is 10.1 Å². The van der Waals surface area contributed by atoms with E-state index >= 15 is 0 Å². The third kappa shape index (κ3) is 4.74. The summed E-state index contributed by atoms with van der Waals surface area (Å²) < 4.78 is 28.4. The molecule has 1 N–H and O–H groups in total. The van der Waals surface area contributed by atoms with Gasteiger partial charge >= 0.3 is 6.01 Å². The van der Waals surface area contributed by atoms with E-state index in [1.165, 1.54) is 12.1 Å². The number of nitrogens with one attached hydrogen (secondary N) is 1. The lowest BCUT2D eigenvalue weighted by atomic mass is 10.1. The van der Waals surface area contributed by atoms with E-state index in [0.29, 0.717) is 17.9 Å². The minimum Gasteiger partial charge on any atom is -0.407 e. The number of rotatable bonds is 6. The van der Waals surface area contributed by atoms with Crippen LogP contribution in [0.1, 0.15) is 21.8 Å². The highest BCUT2D eigenvalue weighted by Crippen LogP contribution is 2.16. The second-order valence-corrected chi connectivity index (χ2v) is 8.51. The summed E-state index contributed by atoms with van der Waals surface area (Å²) in [5, 5.41) is 10.3. The highest BCUT2D eigenvalue weighted by atomic mass is 32.2. The largest absolute Gasteiger partial charge is 0.407 e. The third-order valence-electron chi connectivity index (χ3n) is 4.04. The molecule has 28 heavy (non-hydrogen) atoms. The molecule has 1 heterocycles. The molecule has 0 unspecified atom stereocenters. The standard InChI is InChI=1S/C19H20N4O4S/c1-23(2)15-8-6-14(7-9-15)18(24)20-19-22-21-17(27-19)12-13-4-10-16(11-5-13)28(3,25)26/h4-11H,12H2,1-3H3,(H,20,22,24). The topological polar surface area (TPSA) is 105 Å². The second kappa shape index (κ2) is 7.81. The summed E-state index contributed by atoms with van der Waals surface area (Å²) in [6, 6.07) is 13.5. The Hall–Kier alpha value is -3.20. The van der Waals surface area contributed by atoms with Crippen LogP contribution in [0.15, 0.2) is 57.8 Å². The van der Waals surface area contributed by atoms with E-state index < -0.39 is 9.84 Å². The van der Waals surface area contributed by atoms with Gasteiger partial charge in [0, 0.05) is 31.6 Å². The summed E-state index contributed by atoms with van der Waals surface area (Å²) in [4.78, 5) is 14.5. The molecule has 0 radical (unpaired) electrons. The first-order valence-corrected chi connectivity index (χ1v) is 10.3. The SMILES string of the molecule is CN(C)c1ccc(C(=O)Nc2nnc(Cc3ccc(S(C)(=O)=O)cc3)o2)cc1. The van der Waals surface area contributed by atoms with Gasteiger partial charge in [-0.2, -0.15) is 0 Å². The maximum Gasteiger partial charge on any atom is 0.322 e. The molecule has 0 saturated heterocycles. The van der Waals surface area contributed by atoms with Gasteiger partial charge < -0.3 is 9.32 Å². The molecular weight excluding hydrogens is 380 g/mol. The summed E-state index contributed by atoms with van der Waals surface area (Å²) in [7, 11) is 0.603. The van der Waals surface area contributed by atoms with E-state index in [-0.39, 0.29) is 16.8 Å². The molecule has 0 spiro atoms.